The first-order valence-corrected chi connectivity index (χ1v) is 8.86. The van der Waals surface area contributed by atoms with E-state index in [1.165, 1.54) is 18.6 Å². The highest BCUT2D eigenvalue weighted by Crippen LogP contribution is 2.29. The van der Waals surface area contributed by atoms with E-state index in [0.717, 1.165) is 25.7 Å². The number of benzene rings is 1. The van der Waals surface area contributed by atoms with Gasteiger partial charge in [0.15, 0.2) is 0 Å². The summed E-state index contributed by atoms with van der Waals surface area (Å²) in [7, 11) is 0. The Morgan fingerprint density at radius 2 is 1.77 bits per heavy atom. The van der Waals surface area contributed by atoms with Crippen LogP contribution >= 0.6 is 0 Å². The minimum Gasteiger partial charge on any atom is -0.366 e. The quantitative estimate of drug-likeness (QED) is 0.510. The average molecular weight is 356 g/mol. The number of hydrogen-bond acceptors (Lipinski definition) is 4. The van der Waals surface area contributed by atoms with Crippen molar-refractivity contribution >= 4 is 23.4 Å². The molecule has 1 aromatic rings. The molecule has 0 heterocycles. The van der Waals surface area contributed by atoms with Gasteiger partial charge in [-0.1, -0.05) is 32.1 Å². The van der Waals surface area contributed by atoms with Crippen molar-refractivity contribution in [2.75, 3.05) is 11.9 Å². The van der Waals surface area contributed by atoms with Crippen molar-refractivity contribution in [2.24, 2.45) is 17.6 Å². The number of hydrogen-bond donors (Lipinski definition) is 3. The molecule has 26 heavy (non-hydrogen) atoms. The molecule has 1 aliphatic rings. The van der Waals surface area contributed by atoms with Crippen molar-refractivity contribution in [2.45, 2.75) is 38.5 Å². The molecule has 1 fully saturated rings. The van der Waals surface area contributed by atoms with E-state index < -0.39 is 23.6 Å². The van der Waals surface area contributed by atoms with Crippen molar-refractivity contribution in [1.82, 2.24) is 5.32 Å². The topological polar surface area (TPSA) is 125 Å². The summed E-state index contributed by atoms with van der Waals surface area (Å²) in [6.07, 6.45) is 5.94. The Hall–Kier alpha value is -2.88. The zero-order valence-electron chi connectivity index (χ0n) is 14.7. The fourth-order valence-corrected chi connectivity index (χ4v) is 3.29. The van der Waals surface area contributed by atoms with Crippen molar-refractivity contribution < 1.29 is 14.4 Å². The van der Waals surface area contributed by atoms with Crippen molar-refractivity contribution in [3.8, 4) is 6.07 Å². The Morgan fingerprint density at radius 1 is 1.12 bits per heavy atom. The lowest BCUT2D eigenvalue weighted by Gasteiger charge is -2.25. The summed E-state index contributed by atoms with van der Waals surface area (Å²) < 4.78 is 0. The van der Waals surface area contributed by atoms with E-state index in [1.54, 1.807) is 12.1 Å². The number of nitrogens with two attached hydrogens (primary N) is 1. The second-order valence-corrected chi connectivity index (χ2v) is 6.60. The molecule has 7 heteroatoms. The van der Waals surface area contributed by atoms with Gasteiger partial charge in [-0.2, -0.15) is 5.26 Å². The number of anilines is 1. The molecule has 4 N–H and O–H groups in total. The Morgan fingerprint density at radius 3 is 2.35 bits per heavy atom. The van der Waals surface area contributed by atoms with Crippen LogP contribution in [0.25, 0.3) is 0 Å². The monoisotopic (exact) mass is 356 g/mol. The lowest BCUT2D eigenvalue weighted by Crippen LogP contribution is -2.39. The van der Waals surface area contributed by atoms with Crippen LogP contribution in [-0.4, -0.2) is 24.3 Å². The molecule has 0 spiro atoms. The zero-order chi connectivity index (χ0) is 18.9. The summed E-state index contributed by atoms with van der Waals surface area (Å²) >= 11 is 0. The smallest absolute Gasteiger partial charge is 0.248 e. The normalized spacial score (nSPS) is 15.5. The Labute approximate surface area is 152 Å². The molecule has 0 bridgehead atoms. The summed E-state index contributed by atoms with van der Waals surface area (Å²) in [5.41, 5.74) is 6.03. The molecular formula is C19H24N4O3. The number of rotatable bonds is 7. The highest BCUT2D eigenvalue weighted by molar-refractivity contribution is 6.06. The van der Waals surface area contributed by atoms with Gasteiger partial charge in [0.2, 0.25) is 17.7 Å². The number of carbonyl (C=O) groups excluding carboxylic acids is 3. The lowest BCUT2D eigenvalue weighted by atomic mass is 9.82. The first-order valence-electron chi connectivity index (χ1n) is 8.86. The molecule has 1 saturated carbocycles. The van der Waals surface area contributed by atoms with E-state index in [1.807, 2.05) is 6.07 Å². The highest BCUT2D eigenvalue weighted by atomic mass is 16.2. The molecule has 1 aromatic carbocycles. The van der Waals surface area contributed by atoms with Gasteiger partial charge in [0.25, 0.3) is 0 Å². The third-order valence-corrected chi connectivity index (χ3v) is 4.71. The summed E-state index contributed by atoms with van der Waals surface area (Å²) in [5, 5.41) is 13.9. The molecule has 0 aliphatic heterocycles. The minimum atomic E-state index is -0.845. The van der Waals surface area contributed by atoms with E-state index in [-0.39, 0.29) is 6.54 Å². The summed E-state index contributed by atoms with van der Waals surface area (Å²) in [6, 6.07) is 8.04. The molecule has 0 radical (unpaired) electrons. The standard InChI is InChI=1S/C19H24N4O3/c20-10-11-22-18(25)16(12-13-4-2-1-3-5-13)19(26)23-15-8-6-14(7-9-15)17(21)24/h6-9,13,16H,1-5,11-12H2,(H2,21,24)(H,22,25)(H,23,26). The molecule has 0 saturated heterocycles. The third kappa shape index (κ3) is 5.59. The van der Waals surface area contributed by atoms with Crippen LogP contribution in [-0.2, 0) is 9.59 Å². The van der Waals surface area contributed by atoms with E-state index >= 15 is 0 Å². The molecule has 2 rings (SSSR count). The molecule has 3 amide bonds. The molecule has 1 aliphatic carbocycles. The van der Waals surface area contributed by atoms with Gasteiger partial charge in [-0.25, -0.2) is 0 Å². The van der Waals surface area contributed by atoms with Crippen LogP contribution in [0.15, 0.2) is 24.3 Å². The van der Waals surface area contributed by atoms with Crippen molar-refractivity contribution in [1.29, 1.82) is 5.26 Å². The number of amides is 3. The Balaban J connectivity index is 2.06. The fraction of sp³-hybridized carbons (Fsp3) is 0.474. The SMILES string of the molecule is N#CCNC(=O)C(CC1CCCCC1)C(=O)Nc1ccc(C(N)=O)cc1. The largest absolute Gasteiger partial charge is 0.366 e. The van der Waals surface area contributed by atoms with Crippen molar-refractivity contribution in [3.05, 3.63) is 29.8 Å². The van der Waals surface area contributed by atoms with E-state index in [2.05, 4.69) is 10.6 Å². The van der Waals surface area contributed by atoms with Gasteiger partial charge in [-0.15, -0.1) is 0 Å². The first kappa shape index (κ1) is 19.4. The maximum absolute atomic E-state index is 12.7. The first-order chi connectivity index (χ1) is 12.5. The molecule has 1 atom stereocenters. The fourth-order valence-electron chi connectivity index (χ4n) is 3.29. The van der Waals surface area contributed by atoms with Gasteiger partial charge < -0.3 is 16.4 Å². The maximum Gasteiger partial charge on any atom is 0.248 e. The highest BCUT2D eigenvalue weighted by Gasteiger charge is 2.30. The predicted molar refractivity (Wildman–Crippen MR) is 96.9 cm³/mol. The number of nitrogens with one attached hydrogen (secondary N) is 2. The summed E-state index contributed by atoms with van der Waals surface area (Å²) in [6.45, 7) is -0.124. The summed E-state index contributed by atoms with van der Waals surface area (Å²) in [4.78, 5) is 36.1. The van der Waals surface area contributed by atoms with Gasteiger partial charge in [-0.3, -0.25) is 14.4 Å². The predicted octanol–water partition coefficient (Wildman–Crippen LogP) is 1.95. The zero-order valence-corrected chi connectivity index (χ0v) is 14.7. The maximum atomic E-state index is 12.7. The second-order valence-electron chi connectivity index (χ2n) is 6.60. The van der Waals surface area contributed by atoms with Crippen LogP contribution in [0.4, 0.5) is 5.69 Å². The molecular weight excluding hydrogens is 332 g/mol. The van der Waals surface area contributed by atoms with Crippen LogP contribution in [0.5, 0.6) is 0 Å². The minimum absolute atomic E-state index is 0.124. The van der Waals surface area contributed by atoms with Crippen LogP contribution < -0.4 is 16.4 Å². The molecule has 7 nitrogen and oxygen atoms in total. The van der Waals surface area contributed by atoms with E-state index in [4.69, 9.17) is 11.0 Å². The van der Waals surface area contributed by atoms with Gasteiger partial charge in [0, 0.05) is 11.3 Å². The van der Waals surface area contributed by atoms with Gasteiger partial charge in [-0.05, 0) is 36.6 Å². The van der Waals surface area contributed by atoms with Crippen LogP contribution in [0, 0.1) is 23.2 Å². The number of primary amides is 1. The number of carbonyl (C=O) groups is 3. The molecule has 138 valence electrons. The van der Waals surface area contributed by atoms with Crippen LogP contribution in [0.3, 0.4) is 0 Å². The lowest BCUT2D eigenvalue weighted by molar-refractivity contribution is -0.133. The Kier molecular flexibility index (Phi) is 7.15. The van der Waals surface area contributed by atoms with Gasteiger partial charge >= 0.3 is 0 Å². The number of nitrogens with zero attached hydrogens (tertiary/aromatic N) is 1. The van der Waals surface area contributed by atoms with E-state index in [9.17, 15) is 14.4 Å². The number of nitriles is 1. The van der Waals surface area contributed by atoms with Gasteiger partial charge in [0.05, 0.1) is 6.07 Å². The molecule has 0 aromatic heterocycles. The third-order valence-electron chi connectivity index (χ3n) is 4.71. The Bertz CT molecular complexity index is 688. The molecule has 1 unspecified atom stereocenters. The average Bonchev–Trinajstić information content (AvgIpc) is 2.65. The summed E-state index contributed by atoms with van der Waals surface area (Å²) in [5.74, 6) is -1.89. The van der Waals surface area contributed by atoms with E-state index in [0.29, 0.717) is 23.6 Å². The van der Waals surface area contributed by atoms with Gasteiger partial charge in [0.1, 0.15) is 12.5 Å². The van der Waals surface area contributed by atoms with Crippen molar-refractivity contribution in [3.63, 3.8) is 0 Å². The van der Waals surface area contributed by atoms with Crippen LogP contribution in [0.2, 0.25) is 0 Å². The van der Waals surface area contributed by atoms with Crippen LogP contribution in [0.1, 0.15) is 48.9 Å². The second kappa shape index (κ2) is 9.56.